The topological polar surface area (TPSA) is 65.9 Å². The molecule has 6 heteroatoms. The number of carbonyl (C=O) groups is 1. The van der Waals surface area contributed by atoms with Gasteiger partial charge < -0.3 is 9.90 Å². The van der Waals surface area contributed by atoms with Gasteiger partial charge in [0.15, 0.2) is 0 Å². The third kappa shape index (κ3) is 2.33. The molecule has 0 fully saturated rings. The Kier molecular flexibility index (Phi) is 3.40. The highest BCUT2D eigenvalue weighted by atomic mass is 32.2. The number of rotatable bonds is 4. The van der Waals surface area contributed by atoms with Crippen molar-refractivity contribution in [3.05, 3.63) is 17.3 Å². The zero-order chi connectivity index (χ0) is 11.5. The van der Waals surface area contributed by atoms with Crippen LogP contribution in [0.15, 0.2) is 17.4 Å². The first-order chi connectivity index (χ1) is 7.70. The quantitative estimate of drug-likeness (QED) is 0.603. The number of aliphatic carboxylic acids is 1. The second kappa shape index (κ2) is 4.80. The molecule has 0 unspecified atom stereocenters. The highest BCUT2D eigenvalue weighted by Gasteiger charge is 2.08. The molecule has 0 aliphatic heterocycles. The Morgan fingerprint density at radius 1 is 1.56 bits per heavy atom. The fourth-order valence-corrected chi connectivity index (χ4v) is 2.99. The Morgan fingerprint density at radius 2 is 2.38 bits per heavy atom. The van der Waals surface area contributed by atoms with Crippen LogP contribution in [0.4, 0.5) is 0 Å². The van der Waals surface area contributed by atoms with E-state index in [0.29, 0.717) is 5.03 Å². The predicted molar refractivity (Wildman–Crippen MR) is 62.5 cm³/mol. The first-order valence-corrected chi connectivity index (χ1v) is 6.57. The van der Waals surface area contributed by atoms with E-state index in [1.165, 1.54) is 23.0 Å². The maximum atomic E-state index is 10.4. The fraction of sp³-hybridized carbons (Fsp3) is 0.300. The maximum absolute atomic E-state index is 10.4. The van der Waals surface area contributed by atoms with Crippen LogP contribution >= 0.6 is 23.1 Å². The predicted octanol–water partition coefficient (Wildman–Crippen LogP) is 1.10. The SMILES string of the molecule is CCc1cc2c(SCC(=O)[O-])ncnc2s1. The number of hydrogen-bond donors (Lipinski definition) is 0. The van der Waals surface area contributed by atoms with Crippen LogP contribution in [0.25, 0.3) is 10.2 Å². The summed E-state index contributed by atoms with van der Waals surface area (Å²) in [6, 6.07) is 2.03. The standard InChI is InChI=1S/C10H10N2O2S2/c1-2-6-3-7-9(15-4-8(13)14)11-5-12-10(7)16-6/h3,5H,2,4H2,1H3,(H,13,14)/p-1. The summed E-state index contributed by atoms with van der Waals surface area (Å²) in [5.74, 6) is -1.16. The molecule has 0 atom stereocenters. The molecule has 0 aliphatic rings. The molecule has 2 aromatic rings. The summed E-state index contributed by atoms with van der Waals surface area (Å²) < 4.78 is 0. The molecular formula is C10H9N2O2S2-. The van der Waals surface area contributed by atoms with Crippen LogP contribution in [0.2, 0.25) is 0 Å². The summed E-state index contributed by atoms with van der Waals surface area (Å²) in [7, 11) is 0. The van der Waals surface area contributed by atoms with Gasteiger partial charge in [-0.15, -0.1) is 11.3 Å². The van der Waals surface area contributed by atoms with E-state index in [4.69, 9.17) is 0 Å². The van der Waals surface area contributed by atoms with E-state index in [1.807, 2.05) is 6.07 Å². The van der Waals surface area contributed by atoms with Crippen LogP contribution in [0.3, 0.4) is 0 Å². The van der Waals surface area contributed by atoms with Crippen LogP contribution in [0.5, 0.6) is 0 Å². The third-order valence-corrected chi connectivity index (χ3v) is 4.19. The molecule has 16 heavy (non-hydrogen) atoms. The number of fused-ring (bicyclic) bond motifs is 1. The summed E-state index contributed by atoms with van der Waals surface area (Å²) in [5.41, 5.74) is 0. The first-order valence-electron chi connectivity index (χ1n) is 4.76. The van der Waals surface area contributed by atoms with E-state index in [-0.39, 0.29) is 5.75 Å². The maximum Gasteiger partial charge on any atom is 0.128 e. The van der Waals surface area contributed by atoms with E-state index in [1.54, 1.807) is 11.3 Å². The Hall–Kier alpha value is -1.14. The van der Waals surface area contributed by atoms with E-state index < -0.39 is 5.97 Å². The Balaban J connectivity index is 2.36. The van der Waals surface area contributed by atoms with Crippen molar-refractivity contribution in [2.75, 3.05) is 5.75 Å². The van der Waals surface area contributed by atoms with Crippen LogP contribution < -0.4 is 5.11 Å². The molecule has 0 saturated carbocycles. The normalized spacial score (nSPS) is 10.8. The van der Waals surface area contributed by atoms with Crippen molar-refractivity contribution in [2.45, 2.75) is 18.4 Å². The van der Waals surface area contributed by atoms with Crippen LogP contribution in [0, 0.1) is 0 Å². The average molecular weight is 253 g/mol. The van der Waals surface area contributed by atoms with E-state index in [0.717, 1.165) is 16.6 Å². The molecule has 2 aromatic heterocycles. The summed E-state index contributed by atoms with van der Waals surface area (Å²) in [5, 5.41) is 12.1. The number of carboxylic acids is 1. The molecule has 0 aliphatic carbocycles. The number of carbonyl (C=O) groups excluding carboxylic acids is 1. The zero-order valence-corrected chi connectivity index (χ0v) is 10.2. The van der Waals surface area contributed by atoms with Gasteiger partial charge in [-0.1, -0.05) is 18.7 Å². The van der Waals surface area contributed by atoms with Gasteiger partial charge in [0.2, 0.25) is 0 Å². The molecule has 0 saturated heterocycles. The van der Waals surface area contributed by atoms with Gasteiger partial charge >= 0.3 is 0 Å². The first kappa shape index (κ1) is 11.3. The molecule has 4 nitrogen and oxygen atoms in total. The summed E-state index contributed by atoms with van der Waals surface area (Å²) in [4.78, 5) is 20.8. The van der Waals surface area contributed by atoms with E-state index >= 15 is 0 Å². The number of aryl methyl sites for hydroxylation is 1. The lowest BCUT2D eigenvalue weighted by Gasteiger charge is -2.01. The van der Waals surface area contributed by atoms with Gasteiger partial charge in [-0.25, -0.2) is 9.97 Å². The van der Waals surface area contributed by atoms with Crippen LogP contribution in [-0.4, -0.2) is 21.7 Å². The Morgan fingerprint density at radius 3 is 3.06 bits per heavy atom. The van der Waals surface area contributed by atoms with Crippen molar-refractivity contribution in [1.29, 1.82) is 0 Å². The average Bonchev–Trinajstić information content (AvgIpc) is 2.69. The molecular weight excluding hydrogens is 244 g/mol. The van der Waals surface area contributed by atoms with Crippen molar-refractivity contribution in [2.24, 2.45) is 0 Å². The molecule has 2 heterocycles. The number of carboxylic acid groups (broad SMARTS) is 1. The minimum atomic E-state index is -1.08. The molecule has 2 rings (SSSR count). The number of hydrogen-bond acceptors (Lipinski definition) is 6. The van der Waals surface area contributed by atoms with Crippen LogP contribution in [0.1, 0.15) is 11.8 Å². The highest BCUT2D eigenvalue weighted by molar-refractivity contribution is 8.00. The Labute approximate surface area is 101 Å². The van der Waals surface area contributed by atoms with Gasteiger partial charge in [0.25, 0.3) is 0 Å². The smallest absolute Gasteiger partial charge is 0.128 e. The van der Waals surface area contributed by atoms with Crippen molar-refractivity contribution < 1.29 is 9.90 Å². The lowest BCUT2D eigenvalue weighted by atomic mass is 10.3. The lowest BCUT2D eigenvalue weighted by Crippen LogP contribution is -2.24. The molecule has 0 amide bonds. The molecule has 0 N–H and O–H groups in total. The van der Waals surface area contributed by atoms with Crippen molar-refractivity contribution in [3.8, 4) is 0 Å². The summed E-state index contributed by atoms with van der Waals surface area (Å²) in [6.07, 6.45) is 2.42. The van der Waals surface area contributed by atoms with Crippen molar-refractivity contribution in [3.63, 3.8) is 0 Å². The second-order valence-electron chi connectivity index (χ2n) is 3.12. The number of aromatic nitrogens is 2. The molecule has 0 spiro atoms. The molecule has 0 aromatic carbocycles. The number of thiophene rings is 1. The van der Waals surface area contributed by atoms with Gasteiger partial charge in [-0.3, -0.25) is 0 Å². The van der Waals surface area contributed by atoms with Crippen LogP contribution in [-0.2, 0) is 11.2 Å². The second-order valence-corrected chi connectivity index (χ2v) is 5.20. The summed E-state index contributed by atoms with van der Waals surface area (Å²) >= 11 is 2.79. The van der Waals surface area contributed by atoms with Gasteiger partial charge in [0, 0.05) is 16.0 Å². The number of nitrogens with zero attached hydrogens (tertiary/aromatic N) is 2. The van der Waals surface area contributed by atoms with Crippen molar-refractivity contribution in [1.82, 2.24) is 9.97 Å². The van der Waals surface area contributed by atoms with Crippen molar-refractivity contribution >= 4 is 39.3 Å². The van der Waals surface area contributed by atoms with E-state index in [9.17, 15) is 9.90 Å². The van der Waals surface area contributed by atoms with Gasteiger partial charge in [0.1, 0.15) is 16.2 Å². The van der Waals surface area contributed by atoms with Gasteiger partial charge in [0.05, 0.1) is 5.97 Å². The van der Waals surface area contributed by atoms with Gasteiger partial charge in [-0.05, 0) is 12.5 Å². The third-order valence-electron chi connectivity index (χ3n) is 2.02. The fourth-order valence-electron chi connectivity index (χ4n) is 1.30. The zero-order valence-electron chi connectivity index (χ0n) is 8.60. The minimum Gasteiger partial charge on any atom is -0.549 e. The number of thioether (sulfide) groups is 1. The lowest BCUT2D eigenvalue weighted by molar-refractivity contribution is -0.301. The monoisotopic (exact) mass is 253 g/mol. The largest absolute Gasteiger partial charge is 0.549 e. The summed E-state index contributed by atoms with van der Waals surface area (Å²) in [6.45, 7) is 2.08. The molecule has 0 radical (unpaired) electrons. The minimum absolute atomic E-state index is 0.0799. The highest BCUT2D eigenvalue weighted by Crippen LogP contribution is 2.30. The van der Waals surface area contributed by atoms with Gasteiger partial charge in [-0.2, -0.15) is 0 Å². The Bertz CT molecular complexity index is 525. The van der Waals surface area contributed by atoms with E-state index in [2.05, 4.69) is 16.9 Å². The molecule has 0 bridgehead atoms. The molecule has 84 valence electrons.